The van der Waals surface area contributed by atoms with Gasteiger partial charge in [-0.2, -0.15) is 0 Å². The second-order valence-corrected chi connectivity index (χ2v) is 6.64. The Kier molecular flexibility index (Phi) is 6.51. The molecule has 0 amide bonds. The predicted octanol–water partition coefficient (Wildman–Crippen LogP) is 3.20. The van der Waals surface area contributed by atoms with Crippen LogP contribution in [0.2, 0.25) is 0 Å². The van der Waals surface area contributed by atoms with Crippen LogP contribution < -0.4 is 10.5 Å². The Labute approximate surface area is 169 Å². The molecule has 1 aliphatic heterocycles. The molecule has 0 fully saturated rings. The lowest BCUT2D eigenvalue weighted by molar-refractivity contribution is -0.142. The van der Waals surface area contributed by atoms with Gasteiger partial charge in [-0.3, -0.25) is 9.59 Å². The minimum Gasteiger partial charge on any atom is -0.468 e. The maximum absolute atomic E-state index is 11.6. The van der Waals surface area contributed by atoms with Gasteiger partial charge in [0.15, 0.2) is 5.76 Å². The van der Waals surface area contributed by atoms with E-state index in [2.05, 4.69) is 10.8 Å². The molecule has 1 aromatic carbocycles. The van der Waals surface area contributed by atoms with Crippen LogP contribution in [0.4, 0.5) is 0 Å². The molecule has 1 aliphatic carbocycles. The first kappa shape index (κ1) is 20.4. The average Bonchev–Trinajstić information content (AvgIpc) is 2.73. The van der Waals surface area contributed by atoms with Crippen LogP contribution in [0.25, 0.3) is 0 Å². The molecule has 0 radical (unpaired) electrons. The molecule has 1 unspecified atom stereocenters. The lowest BCUT2D eigenvalue weighted by atomic mass is 9.84. The van der Waals surface area contributed by atoms with Crippen molar-refractivity contribution in [3.8, 4) is 5.75 Å². The van der Waals surface area contributed by atoms with Gasteiger partial charge in [0, 0.05) is 24.8 Å². The maximum atomic E-state index is 11.6. The average molecular weight is 397 g/mol. The van der Waals surface area contributed by atoms with E-state index in [1.165, 1.54) is 26.6 Å². The number of carbonyl (C=O) groups is 2. The molecule has 1 heterocycles. The Morgan fingerprint density at radius 1 is 1.24 bits per heavy atom. The summed E-state index contributed by atoms with van der Waals surface area (Å²) in [5, 5.41) is 0. The summed E-state index contributed by atoms with van der Waals surface area (Å²) in [7, 11) is 1.29. The van der Waals surface area contributed by atoms with E-state index in [9.17, 15) is 9.59 Å². The van der Waals surface area contributed by atoms with Crippen LogP contribution in [0.5, 0.6) is 5.75 Å². The number of hydrogen-bond acceptors (Lipinski definition) is 7. The van der Waals surface area contributed by atoms with Crippen molar-refractivity contribution in [2.45, 2.75) is 31.7 Å². The van der Waals surface area contributed by atoms with E-state index in [4.69, 9.17) is 19.9 Å². The number of nitrogens with two attached hydrogens (primary N) is 1. The van der Waals surface area contributed by atoms with Gasteiger partial charge in [-0.1, -0.05) is 30.4 Å². The summed E-state index contributed by atoms with van der Waals surface area (Å²) < 4.78 is 21.1. The molecule has 152 valence electrons. The summed E-state index contributed by atoms with van der Waals surface area (Å²) in [4.78, 5) is 22.7. The van der Waals surface area contributed by atoms with Gasteiger partial charge in [0.1, 0.15) is 30.1 Å². The summed E-state index contributed by atoms with van der Waals surface area (Å²) in [5.74, 6) is 0.654. The zero-order valence-electron chi connectivity index (χ0n) is 16.3. The van der Waals surface area contributed by atoms with Crippen molar-refractivity contribution in [2.75, 3.05) is 7.11 Å². The van der Waals surface area contributed by atoms with Crippen molar-refractivity contribution < 1.29 is 28.5 Å². The third kappa shape index (κ3) is 5.14. The van der Waals surface area contributed by atoms with Gasteiger partial charge in [-0.15, -0.1) is 0 Å². The van der Waals surface area contributed by atoms with E-state index in [-0.39, 0.29) is 18.3 Å². The summed E-state index contributed by atoms with van der Waals surface area (Å²) in [5.41, 5.74) is 7.80. The molecule has 0 spiro atoms. The van der Waals surface area contributed by atoms with Gasteiger partial charge in [-0.25, -0.2) is 0 Å². The third-order valence-corrected chi connectivity index (χ3v) is 4.53. The van der Waals surface area contributed by atoms with Crippen LogP contribution in [0, 0.1) is 0 Å². The predicted molar refractivity (Wildman–Crippen MR) is 105 cm³/mol. The molecule has 0 saturated heterocycles. The van der Waals surface area contributed by atoms with E-state index >= 15 is 0 Å². The van der Waals surface area contributed by atoms with Crippen LogP contribution in [0.15, 0.2) is 72.1 Å². The number of allylic oxidation sites excluding steroid dienone is 4. The zero-order chi connectivity index (χ0) is 20.8. The topological polar surface area (TPSA) is 97.1 Å². The molecule has 7 nitrogen and oxygen atoms in total. The fourth-order valence-corrected chi connectivity index (χ4v) is 3.16. The first-order valence-corrected chi connectivity index (χ1v) is 9.19. The Morgan fingerprint density at radius 2 is 2.00 bits per heavy atom. The van der Waals surface area contributed by atoms with Crippen molar-refractivity contribution in [1.82, 2.24) is 0 Å². The Hall–Kier alpha value is -3.32. The SMILES string of the molecule is COC(=O)C(N)CC1=COC=C(C2=CC=CC[C@@H]2c2ccc(OC(C)=O)cc2)O1. The van der Waals surface area contributed by atoms with Gasteiger partial charge in [-0.05, 0) is 24.1 Å². The van der Waals surface area contributed by atoms with E-state index in [1.54, 1.807) is 12.1 Å². The number of rotatable bonds is 6. The first-order valence-electron chi connectivity index (χ1n) is 9.19. The first-order chi connectivity index (χ1) is 14.0. The van der Waals surface area contributed by atoms with E-state index in [1.807, 2.05) is 24.3 Å². The number of ether oxygens (including phenoxy) is 4. The summed E-state index contributed by atoms with van der Waals surface area (Å²) in [6, 6.07) is 6.54. The monoisotopic (exact) mass is 397 g/mol. The molecule has 29 heavy (non-hydrogen) atoms. The van der Waals surface area contributed by atoms with Crippen molar-refractivity contribution in [2.24, 2.45) is 5.73 Å². The molecular formula is C22H23NO6. The fraction of sp³-hybridized carbons (Fsp3) is 0.273. The fourth-order valence-electron chi connectivity index (χ4n) is 3.16. The molecule has 2 aliphatic rings. The van der Waals surface area contributed by atoms with Crippen LogP contribution >= 0.6 is 0 Å². The Balaban J connectivity index is 1.73. The normalized spacial score (nSPS) is 19.0. The van der Waals surface area contributed by atoms with Gasteiger partial charge in [0.05, 0.1) is 7.11 Å². The lowest BCUT2D eigenvalue weighted by Crippen LogP contribution is -2.32. The summed E-state index contributed by atoms with van der Waals surface area (Å²) >= 11 is 0. The highest BCUT2D eigenvalue weighted by Crippen LogP contribution is 2.38. The quantitative estimate of drug-likeness (QED) is 0.581. The van der Waals surface area contributed by atoms with Crippen molar-refractivity contribution in [3.05, 3.63) is 77.7 Å². The van der Waals surface area contributed by atoms with Crippen LogP contribution in [-0.4, -0.2) is 25.1 Å². The van der Waals surface area contributed by atoms with Crippen molar-refractivity contribution in [1.29, 1.82) is 0 Å². The maximum Gasteiger partial charge on any atom is 0.323 e. The molecule has 0 aromatic heterocycles. The van der Waals surface area contributed by atoms with Gasteiger partial charge in [0.25, 0.3) is 0 Å². The molecule has 2 atom stereocenters. The Bertz CT molecular complexity index is 894. The third-order valence-electron chi connectivity index (χ3n) is 4.53. The number of methoxy groups -OCH3 is 1. The van der Waals surface area contributed by atoms with Crippen molar-refractivity contribution in [3.63, 3.8) is 0 Å². The highest BCUT2D eigenvalue weighted by molar-refractivity contribution is 5.75. The lowest BCUT2D eigenvalue weighted by Gasteiger charge is -2.26. The molecule has 3 rings (SSSR count). The van der Waals surface area contributed by atoms with Crippen LogP contribution in [0.3, 0.4) is 0 Å². The number of carbonyl (C=O) groups excluding carboxylic acids is 2. The van der Waals surface area contributed by atoms with Gasteiger partial charge < -0.3 is 24.7 Å². The molecule has 0 bridgehead atoms. The summed E-state index contributed by atoms with van der Waals surface area (Å²) in [6.07, 6.45) is 9.89. The van der Waals surface area contributed by atoms with Crippen LogP contribution in [0.1, 0.15) is 31.2 Å². The molecule has 2 N–H and O–H groups in total. The summed E-state index contributed by atoms with van der Waals surface area (Å²) in [6.45, 7) is 1.37. The van der Waals surface area contributed by atoms with E-state index < -0.39 is 12.0 Å². The minimum absolute atomic E-state index is 0.0369. The zero-order valence-corrected chi connectivity index (χ0v) is 16.3. The molecule has 1 aromatic rings. The molecule has 7 heteroatoms. The van der Waals surface area contributed by atoms with E-state index in [0.29, 0.717) is 17.3 Å². The Morgan fingerprint density at radius 3 is 2.69 bits per heavy atom. The standard InChI is InChI=1S/C22H23NO6/c1-14(24)28-16-9-7-15(8-10-16)18-5-3-4-6-19(18)21-13-27-12-17(29-21)11-20(23)22(25)26-2/h3-4,6-10,12-13,18,20H,5,11,23H2,1-2H3/t18-,20?/m1/s1. The second kappa shape index (κ2) is 9.25. The van der Waals surface area contributed by atoms with Gasteiger partial charge >= 0.3 is 11.9 Å². The van der Waals surface area contributed by atoms with Crippen molar-refractivity contribution >= 4 is 11.9 Å². The van der Waals surface area contributed by atoms with E-state index in [0.717, 1.165) is 17.6 Å². The van der Waals surface area contributed by atoms with Gasteiger partial charge in [0.2, 0.25) is 0 Å². The molecular weight excluding hydrogens is 374 g/mol. The smallest absolute Gasteiger partial charge is 0.323 e. The highest BCUT2D eigenvalue weighted by Gasteiger charge is 2.26. The largest absolute Gasteiger partial charge is 0.468 e. The highest BCUT2D eigenvalue weighted by atomic mass is 16.5. The van der Waals surface area contributed by atoms with Crippen LogP contribution in [-0.2, 0) is 23.8 Å². The minimum atomic E-state index is -0.834. The molecule has 0 saturated carbocycles. The number of benzene rings is 1. The number of esters is 2. The second-order valence-electron chi connectivity index (χ2n) is 6.64. The number of hydrogen-bond donors (Lipinski definition) is 1.